The molecule has 0 saturated heterocycles. The Balaban J connectivity index is 1.75. The SMILES string of the molecule is O=C(CO)c1ccc(Cn2c(=O)n(CCc3ccccc3C(F)(F)F)c(=O)c3ccccc32)cc1. The second-order valence-electron chi connectivity index (χ2n) is 8.03. The molecule has 0 radical (unpaired) electrons. The molecule has 0 bridgehead atoms. The van der Waals surface area contributed by atoms with Crippen molar-refractivity contribution in [2.24, 2.45) is 0 Å². The van der Waals surface area contributed by atoms with Gasteiger partial charge in [-0.3, -0.25) is 18.7 Å². The van der Waals surface area contributed by atoms with Crippen molar-refractivity contribution in [1.29, 1.82) is 0 Å². The summed E-state index contributed by atoms with van der Waals surface area (Å²) < 4.78 is 42.5. The van der Waals surface area contributed by atoms with E-state index >= 15 is 0 Å². The molecule has 0 atom stereocenters. The number of hydrogen-bond donors (Lipinski definition) is 1. The van der Waals surface area contributed by atoms with E-state index in [9.17, 15) is 27.6 Å². The zero-order chi connectivity index (χ0) is 25.2. The van der Waals surface area contributed by atoms with Crippen LogP contribution in [0.3, 0.4) is 0 Å². The number of fused-ring (bicyclic) bond motifs is 1. The average Bonchev–Trinajstić information content (AvgIpc) is 2.86. The molecule has 1 N–H and O–H groups in total. The van der Waals surface area contributed by atoms with Crippen LogP contribution >= 0.6 is 0 Å². The predicted molar refractivity (Wildman–Crippen MR) is 125 cm³/mol. The summed E-state index contributed by atoms with van der Waals surface area (Å²) in [6.07, 6.45) is -4.70. The molecule has 0 unspecified atom stereocenters. The fraction of sp³-hybridized carbons (Fsp3) is 0.192. The minimum Gasteiger partial charge on any atom is -0.388 e. The number of para-hydroxylation sites is 1. The zero-order valence-electron chi connectivity index (χ0n) is 18.5. The van der Waals surface area contributed by atoms with E-state index in [1.807, 2.05) is 0 Å². The first-order valence-corrected chi connectivity index (χ1v) is 10.8. The maximum atomic E-state index is 13.4. The molecule has 0 spiro atoms. The molecule has 0 aliphatic carbocycles. The van der Waals surface area contributed by atoms with Crippen LogP contribution in [0.4, 0.5) is 13.2 Å². The van der Waals surface area contributed by atoms with Gasteiger partial charge < -0.3 is 5.11 Å². The molecule has 9 heteroatoms. The lowest BCUT2D eigenvalue weighted by Gasteiger charge is -2.16. The van der Waals surface area contributed by atoms with Crippen molar-refractivity contribution in [3.8, 4) is 0 Å². The van der Waals surface area contributed by atoms with Crippen molar-refractivity contribution >= 4 is 16.7 Å². The van der Waals surface area contributed by atoms with Gasteiger partial charge in [-0.25, -0.2) is 4.79 Å². The van der Waals surface area contributed by atoms with Crippen LogP contribution in [0.25, 0.3) is 10.9 Å². The first kappa shape index (κ1) is 24.2. The molecule has 1 aromatic heterocycles. The van der Waals surface area contributed by atoms with Crippen molar-refractivity contribution in [3.05, 3.63) is 116 Å². The van der Waals surface area contributed by atoms with Crippen LogP contribution < -0.4 is 11.2 Å². The Morgan fingerprint density at radius 2 is 1.51 bits per heavy atom. The Labute approximate surface area is 197 Å². The molecular weight excluding hydrogens is 461 g/mol. The maximum Gasteiger partial charge on any atom is 0.416 e. The third-order valence-electron chi connectivity index (χ3n) is 5.82. The number of aliphatic hydroxyl groups excluding tert-OH is 1. The van der Waals surface area contributed by atoms with Crippen LogP contribution in [0.15, 0.2) is 82.4 Å². The molecular formula is C26H21F3N2O4. The number of halogens is 3. The van der Waals surface area contributed by atoms with E-state index in [1.165, 1.54) is 34.9 Å². The number of carbonyl (C=O) groups is 1. The van der Waals surface area contributed by atoms with Gasteiger partial charge in [-0.05, 0) is 35.7 Å². The molecule has 0 amide bonds. The summed E-state index contributed by atoms with van der Waals surface area (Å²) in [6, 6.07) is 18.0. The first-order valence-electron chi connectivity index (χ1n) is 10.8. The molecule has 180 valence electrons. The lowest BCUT2D eigenvalue weighted by molar-refractivity contribution is -0.138. The van der Waals surface area contributed by atoms with E-state index in [0.717, 1.165) is 10.6 Å². The number of carbonyl (C=O) groups excluding carboxylic acids is 1. The van der Waals surface area contributed by atoms with Crippen LogP contribution in [-0.4, -0.2) is 26.6 Å². The van der Waals surface area contributed by atoms with E-state index in [1.54, 1.807) is 36.4 Å². The van der Waals surface area contributed by atoms with Gasteiger partial charge in [0.15, 0.2) is 5.78 Å². The number of Topliss-reactive ketones (excluding diaryl/α,β-unsaturated/α-hetero) is 1. The number of aliphatic hydroxyl groups is 1. The summed E-state index contributed by atoms with van der Waals surface area (Å²) in [5.74, 6) is -0.438. The van der Waals surface area contributed by atoms with Crippen molar-refractivity contribution in [3.63, 3.8) is 0 Å². The van der Waals surface area contributed by atoms with Crippen molar-refractivity contribution in [2.75, 3.05) is 6.61 Å². The summed E-state index contributed by atoms with van der Waals surface area (Å²) >= 11 is 0. The lowest BCUT2D eigenvalue weighted by Crippen LogP contribution is -2.40. The second kappa shape index (κ2) is 9.71. The molecule has 0 aliphatic heterocycles. The fourth-order valence-corrected chi connectivity index (χ4v) is 4.04. The van der Waals surface area contributed by atoms with E-state index in [4.69, 9.17) is 5.11 Å². The van der Waals surface area contributed by atoms with Crippen LogP contribution in [0, 0.1) is 0 Å². The van der Waals surface area contributed by atoms with Crippen LogP contribution in [0.5, 0.6) is 0 Å². The molecule has 35 heavy (non-hydrogen) atoms. The highest BCUT2D eigenvalue weighted by molar-refractivity contribution is 5.96. The van der Waals surface area contributed by atoms with Gasteiger partial charge in [-0.2, -0.15) is 13.2 Å². The largest absolute Gasteiger partial charge is 0.416 e. The number of aromatic nitrogens is 2. The number of alkyl halides is 3. The molecule has 1 heterocycles. The Kier molecular flexibility index (Phi) is 6.70. The summed E-state index contributed by atoms with van der Waals surface area (Å²) in [5, 5.41) is 9.28. The standard InChI is InChI=1S/C26H21F3N2O4/c27-26(28,29)21-7-3-1-5-18(21)13-14-30-24(34)20-6-2-4-8-22(20)31(25(30)35)15-17-9-11-19(12-10-17)23(33)16-32/h1-12,32H,13-16H2. The molecule has 0 aliphatic rings. The fourth-order valence-electron chi connectivity index (χ4n) is 4.04. The Morgan fingerprint density at radius 3 is 2.20 bits per heavy atom. The minimum atomic E-state index is -4.55. The van der Waals surface area contributed by atoms with Gasteiger partial charge in [0.2, 0.25) is 0 Å². The summed E-state index contributed by atoms with van der Waals surface area (Å²) in [5.41, 5.74) is -0.642. The summed E-state index contributed by atoms with van der Waals surface area (Å²) in [7, 11) is 0. The van der Waals surface area contributed by atoms with Crippen molar-refractivity contribution in [2.45, 2.75) is 25.7 Å². The third kappa shape index (κ3) is 4.95. The summed E-state index contributed by atoms with van der Waals surface area (Å²) in [4.78, 5) is 38.1. The average molecular weight is 482 g/mol. The van der Waals surface area contributed by atoms with E-state index in [0.29, 0.717) is 16.6 Å². The van der Waals surface area contributed by atoms with Gasteiger partial charge in [0.25, 0.3) is 5.56 Å². The van der Waals surface area contributed by atoms with Gasteiger partial charge in [0.05, 0.1) is 23.0 Å². The number of hydrogen-bond acceptors (Lipinski definition) is 4. The van der Waals surface area contributed by atoms with E-state index in [-0.39, 0.29) is 30.5 Å². The van der Waals surface area contributed by atoms with E-state index in [2.05, 4.69) is 0 Å². The van der Waals surface area contributed by atoms with Crippen LogP contribution in [-0.2, 0) is 25.7 Å². The van der Waals surface area contributed by atoms with Gasteiger partial charge in [-0.1, -0.05) is 54.6 Å². The number of ketones is 1. The number of nitrogens with zero attached hydrogens (tertiary/aromatic N) is 2. The number of benzene rings is 3. The second-order valence-corrected chi connectivity index (χ2v) is 8.03. The third-order valence-corrected chi connectivity index (χ3v) is 5.82. The van der Waals surface area contributed by atoms with Crippen molar-refractivity contribution < 1.29 is 23.1 Å². The number of rotatable bonds is 7. The molecule has 0 saturated carbocycles. The maximum absolute atomic E-state index is 13.4. The molecule has 0 fully saturated rings. The van der Waals surface area contributed by atoms with Crippen LogP contribution in [0.1, 0.15) is 27.0 Å². The zero-order valence-corrected chi connectivity index (χ0v) is 18.5. The smallest absolute Gasteiger partial charge is 0.388 e. The Hall–Kier alpha value is -3.98. The number of aryl methyl sites for hydroxylation is 1. The molecule has 3 aromatic carbocycles. The highest BCUT2D eigenvalue weighted by atomic mass is 19.4. The van der Waals surface area contributed by atoms with Gasteiger partial charge in [0, 0.05) is 12.1 Å². The Morgan fingerprint density at radius 1 is 0.857 bits per heavy atom. The summed E-state index contributed by atoms with van der Waals surface area (Å²) in [6.45, 7) is -0.766. The highest BCUT2D eigenvalue weighted by Gasteiger charge is 2.32. The van der Waals surface area contributed by atoms with Crippen LogP contribution in [0.2, 0.25) is 0 Å². The normalized spacial score (nSPS) is 11.7. The monoisotopic (exact) mass is 482 g/mol. The van der Waals surface area contributed by atoms with Gasteiger partial charge in [-0.15, -0.1) is 0 Å². The van der Waals surface area contributed by atoms with Gasteiger partial charge in [0.1, 0.15) is 6.61 Å². The topological polar surface area (TPSA) is 81.3 Å². The Bertz CT molecular complexity index is 1500. The van der Waals surface area contributed by atoms with Gasteiger partial charge >= 0.3 is 11.9 Å². The molecule has 6 nitrogen and oxygen atoms in total. The predicted octanol–water partition coefficient (Wildman–Crippen LogP) is 3.65. The van der Waals surface area contributed by atoms with Crippen molar-refractivity contribution in [1.82, 2.24) is 9.13 Å². The molecule has 4 rings (SSSR count). The molecule has 4 aromatic rings. The minimum absolute atomic E-state index is 0.00449. The highest BCUT2D eigenvalue weighted by Crippen LogP contribution is 2.32. The quantitative estimate of drug-likeness (QED) is 0.408. The first-order chi connectivity index (χ1) is 16.7. The lowest BCUT2D eigenvalue weighted by atomic mass is 10.0. The van der Waals surface area contributed by atoms with E-state index < -0.39 is 35.4 Å².